The fraction of sp³-hybridized carbons (Fsp3) is 0.300. The third-order valence-corrected chi connectivity index (χ3v) is 4.90. The fourth-order valence-electron chi connectivity index (χ4n) is 3.40. The highest BCUT2D eigenvalue weighted by molar-refractivity contribution is 6.29. The zero-order valence-corrected chi connectivity index (χ0v) is 16.8. The molecule has 3 aromatic heterocycles. The number of aryl methyl sites for hydroxylation is 2. The summed E-state index contributed by atoms with van der Waals surface area (Å²) in [6.07, 6.45) is 0.636. The van der Waals surface area contributed by atoms with E-state index in [4.69, 9.17) is 16.1 Å². The molecule has 8 nitrogen and oxygen atoms in total. The van der Waals surface area contributed by atoms with E-state index in [2.05, 4.69) is 15.6 Å². The van der Waals surface area contributed by atoms with Gasteiger partial charge in [0.15, 0.2) is 10.8 Å². The van der Waals surface area contributed by atoms with Crippen LogP contribution in [0.15, 0.2) is 45.7 Å². The number of fused-ring (bicyclic) bond motifs is 3. The van der Waals surface area contributed by atoms with Crippen molar-refractivity contribution in [3.63, 3.8) is 0 Å². The molecule has 0 aliphatic rings. The third-order valence-electron chi connectivity index (χ3n) is 4.72. The maximum absolute atomic E-state index is 12.9. The van der Waals surface area contributed by atoms with Crippen LogP contribution >= 0.6 is 11.6 Å². The summed E-state index contributed by atoms with van der Waals surface area (Å²) in [5.41, 5.74) is 2.13. The number of nitrogens with zero attached hydrogens (tertiary/aromatic N) is 4. The Bertz CT molecular complexity index is 1260. The van der Waals surface area contributed by atoms with E-state index in [1.165, 1.54) is 4.68 Å². The van der Waals surface area contributed by atoms with Gasteiger partial charge in [-0.25, -0.2) is 13.9 Å². The molecule has 29 heavy (non-hydrogen) atoms. The van der Waals surface area contributed by atoms with Crippen LogP contribution in [0.5, 0.6) is 0 Å². The van der Waals surface area contributed by atoms with E-state index in [9.17, 15) is 9.59 Å². The van der Waals surface area contributed by atoms with E-state index in [0.29, 0.717) is 17.8 Å². The van der Waals surface area contributed by atoms with Gasteiger partial charge in [-0.3, -0.25) is 4.79 Å². The summed E-state index contributed by atoms with van der Waals surface area (Å²) in [6, 6.07) is 11.0. The summed E-state index contributed by atoms with van der Waals surface area (Å²) in [4.78, 5) is 25.1. The highest BCUT2D eigenvalue weighted by Gasteiger charge is 2.16. The molecule has 3 heterocycles. The Hall–Kier alpha value is -3.13. The Morgan fingerprint density at radius 2 is 2.10 bits per heavy atom. The second-order valence-electron chi connectivity index (χ2n) is 7.09. The van der Waals surface area contributed by atoms with Crippen molar-refractivity contribution in [2.75, 3.05) is 0 Å². The van der Waals surface area contributed by atoms with Crippen molar-refractivity contribution >= 4 is 34.1 Å². The van der Waals surface area contributed by atoms with Gasteiger partial charge in [0.25, 0.3) is 0 Å². The quantitative estimate of drug-likeness (QED) is 0.524. The molecule has 0 radical (unpaired) electrons. The van der Waals surface area contributed by atoms with Gasteiger partial charge in [0.05, 0.1) is 12.1 Å². The molecule has 1 N–H and O–H groups in total. The Kier molecular flexibility index (Phi) is 5.10. The molecule has 1 unspecified atom stereocenters. The number of para-hydroxylation sites is 1. The van der Waals surface area contributed by atoms with Crippen molar-refractivity contribution in [1.82, 2.24) is 24.7 Å². The molecule has 0 saturated carbocycles. The summed E-state index contributed by atoms with van der Waals surface area (Å²) < 4.78 is 8.01. The number of carbonyl (C=O) groups excluding carboxylic acids is 1. The standard InChI is InChI=1S/C20H20ClN5O3/c1-12-9-14-5-3-4-6-16(14)26-19(12)23-25(20(26)28)11-13(2)22-18(27)8-7-15-10-17(21)24-29-15/h3-6,9-10,13H,7-8,11H2,1-2H3,(H,22,27). The molecule has 1 aromatic carbocycles. The van der Waals surface area contributed by atoms with Crippen molar-refractivity contribution in [3.8, 4) is 0 Å². The van der Waals surface area contributed by atoms with Crippen LogP contribution in [0.4, 0.5) is 0 Å². The highest BCUT2D eigenvalue weighted by atomic mass is 35.5. The second-order valence-corrected chi connectivity index (χ2v) is 7.48. The lowest BCUT2D eigenvalue weighted by Crippen LogP contribution is -2.38. The molecule has 4 aromatic rings. The molecule has 150 valence electrons. The first-order valence-corrected chi connectivity index (χ1v) is 9.68. The van der Waals surface area contributed by atoms with Gasteiger partial charge in [-0.15, -0.1) is 5.10 Å². The van der Waals surface area contributed by atoms with Gasteiger partial charge in [-0.2, -0.15) is 0 Å². The molecular weight excluding hydrogens is 394 g/mol. The van der Waals surface area contributed by atoms with E-state index in [-0.39, 0.29) is 35.8 Å². The van der Waals surface area contributed by atoms with E-state index in [1.54, 1.807) is 10.5 Å². The first-order chi connectivity index (χ1) is 13.9. The topological polar surface area (TPSA) is 94.4 Å². The van der Waals surface area contributed by atoms with Gasteiger partial charge < -0.3 is 9.84 Å². The predicted molar refractivity (Wildman–Crippen MR) is 109 cm³/mol. The average Bonchev–Trinajstić information content (AvgIpc) is 3.24. The van der Waals surface area contributed by atoms with Crippen LogP contribution < -0.4 is 11.0 Å². The largest absolute Gasteiger partial charge is 0.360 e. The molecular formula is C20H20ClN5O3. The summed E-state index contributed by atoms with van der Waals surface area (Å²) in [6.45, 7) is 4.04. The van der Waals surface area contributed by atoms with Gasteiger partial charge in [0.2, 0.25) is 5.91 Å². The van der Waals surface area contributed by atoms with Crippen LogP contribution in [0.2, 0.25) is 5.15 Å². The first-order valence-electron chi connectivity index (χ1n) is 9.31. The maximum atomic E-state index is 12.9. The number of aromatic nitrogens is 4. The number of amides is 1. The fourth-order valence-corrected chi connectivity index (χ4v) is 3.56. The Morgan fingerprint density at radius 3 is 2.86 bits per heavy atom. The molecule has 0 aliphatic carbocycles. The van der Waals surface area contributed by atoms with Gasteiger partial charge in [-0.1, -0.05) is 35.0 Å². The molecule has 0 aliphatic heterocycles. The smallest absolute Gasteiger partial charge is 0.350 e. The van der Waals surface area contributed by atoms with Gasteiger partial charge in [-0.05, 0) is 36.9 Å². The molecule has 0 bridgehead atoms. The number of carbonyl (C=O) groups is 1. The molecule has 0 fully saturated rings. The van der Waals surface area contributed by atoms with Crippen LogP contribution in [-0.4, -0.2) is 31.3 Å². The zero-order valence-electron chi connectivity index (χ0n) is 16.1. The van der Waals surface area contributed by atoms with Gasteiger partial charge in [0.1, 0.15) is 5.76 Å². The molecule has 4 rings (SSSR count). The summed E-state index contributed by atoms with van der Waals surface area (Å²) in [5, 5.41) is 12.2. The third kappa shape index (κ3) is 3.88. The molecule has 1 atom stereocenters. The lowest BCUT2D eigenvalue weighted by Gasteiger charge is -2.12. The average molecular weight is 414 g/mol. The minimum atomic E-state index is -0.269. The second kappa shape index (κ2) is 7.71. The van der Waals surface area contributed by atoms with Crippen molar-refractivity contribution in [3.05, 3.63) is 63.4 Å². The minimum Gasteiger partial charge on any atom is -0.360 e. The van der Waals surface area contributed by atoms with Crippen molar-refractivity contribution in [2.45, 2.75) is 39.3 Å². The Labute approximate surface area is 171 Å². The number of rotatable bonds is 6. The first kappa shape index (κ1) is 19.2. The monoisotopic (exact) mass is 413 g/mol. The number of pyridine rings is 1. The molecule has 0 saturated heterocycles. The Balaban J connectivity index is 1.49. The van der Waals surface area contributed by atoms with Crippen molar-refractivity contribution in [1.29, 1.82) is 0 Å². The van der Waals surface area contributed by atoms with Crippen LogP contribution in [0.3, 0.4) is 0 Å². The lowest BCUT2D eigenvalue weighted by molar-refractivity contribution is -0.121. The lowest BCUT2D eigenvalue weighted by atomic mass is 10.1. The number of benzene rings is 1. The molecule has 9 heteroatoms. The Morgan fingerprint density at radius 1 is 1.31 bits per heavy atom. The molecule has 1 amide bonds. The highest BCUT2D eigenvalue weighted by Crippen LogP contribution is 2.18. The van der Waals surface area contributed by atoms with Crippen molar-refractivity contribution < 1.29 is 9.32 Å². The SMILES string of the molecule is Cc1cc2ccccc2n2c(=O)n(CC(C)NC(=O)CCc3cc(Cl)no3)nc12. The van der Waals surface area contributed by atoms with Gasteiger partial charge in [0, 0.05) is 24.9 Å². The summed E-state index contributed by atoms with van der Waals surface area (Å²) in [7, 11) is 0. The normalized spacial score (nSPS) is 12.5. The number of hydrogen-bond donors (Lipinski definition) is 1. The van der Waals surface area contributed by atoms with E-state index >= 15 is 0 Å². The summed E-state index contributed by atoms with van der Waals surface area (Å²) in [5.74, 6) is 0.403. The molecule has 0 spiro atoms. The van der Waals surface area contributed by atoms with Crippen LogP contribution in [0, 0.1) is 6.92 Å². The minimum absolute atomic E-state index is 0.150. The van der Waals surface area contributed by atoms with Crippen molar-refractivity contribution in [2.24, 2.45) is 0 Å². The van der Waals surface area contributed by atoms with Crippen LogP contribution in [-0.2, 0) is 17.8 Å². The number of nitrogens with one attached hydrogen (secondary N) is 1. The maximum Gasteiger partial charge on any atom is 0.350 e. The van der Waals surface area contributed by atoms with Crippen LogP contribution in [0.25, 0.3) is 16.6 Å². The van der Waals surface area contributed by atoms with Gasteiger partial charge >= 0.3 is 5.69 Å². The van der Waals surface area contributed by atoms with E-state index in [0.717, 1.165) is 16.5 Å². The number of hydrogen-bond acceptors (Lipinski definition) is 5. The number of halogens is 1. The summed E-state index contributed by atoms with van der Waals surface area (Å²) >= 11 is 5.70. The van der Waals surface area contributed by atoms with Crippen LogP contribution in [0.1, 0.15) is 24.7 Å². The predicted octanol–water partition coefficient (Wildman–Crippen LogP) is 2.74. The van der Waals surface area contributed by atoms with E-state index in [1.807, 2.05) is 44.2 Å². The zero-order chi connectivity index (χ0) is 20.5. The van der Waals surface area contributed by atoms with E-state index < -0.39 is 0 Å².